The molecule has 0 saturated heterocycles. The second-order valence-electron chi connectivity index (χ2n) is 9.76. The van der Waals surface area contributed by atoms with Crippen molar-refractivity contribution in [1.82, 2.24) is 15.0 Å². The van der Waals surface area contributed by atoms with E-state index in [2.05, 4.69) is 30.7 Å². The lowest BCUT2D eigenvalue weighted by molar-refractivity contribution is 0.571. The standard InChI is InChI=1S/C31H27N3O/c1-18-9-13-25-23(12-14-27(34-25)31(3,4)5)28(18)20-15-16-32-26(17-20)24-8-6-7-21-22-11-10-19(2)33-30(22)35-29(21)24/h6-17H,1-5H3/i1D3,2D3. The highest BCUT2D eigenvalue weighted by atomic mass is 16.3. The molecule has 2 aromatic carbocycles. The van der Waals surface area contributed by atoms with Gasteiger partial charge in [0.2, 0.25) is 5.71 Å². The Morgan fingerprint density at radius 2 is 1.71 bits per heavy atom. The fraction of sp³-hybridized carbons (Fsp3) is 0.194. The second kappa shape index (κ2) is 7.74. The number of hydrogen-bond donors (Lipinski definition) is 0. The van der Waals surface area contributed by atoms with E-state index in [4.69, 9.17) is 17.6 Å². The molecule has 172 valence electrons. The van der Waals surface area contributed by atoms with Gasteiger partial charge in [0.05, 0.1) is 11.2 Å². The number of hydrogen-bond acceptors (Lipinski definition) is 4. The Morgan fingerprint density at radius 3 is 2.54 bits per heavy atom. The van der Waals surface area contributed by atoms with E-state index >= 15 is 0 Å². The Balaban J connectivity index is 1.56. The summed E-state index contributed by atoms with van der Waals surface area (Å²) < 4.78 is 54.0. The fourth-order valence-corrected chi connectivity index (χ4v) is 4.55. The molecule has 0 amide bonds. The third-order valence-electron chi connectivity index (χ3n) is 6.33. The maximum Gasteiger partial charge on any atom is 0.227 e. The minimum Gasteiger partial charge on any atom is -0.437 e. The molecule has 4 nitrogen and oxygen atoms in total. The summed E-state index contributed by atoms with van der Waals surface area (Å²) in [6.07, 6.45) is 1.65. The summed E-state index contributed by atoms with van der Waals surface area (Å²) in [6.45, 7) is 1.57. The Bertz CT molecular complexity index is 1970. The summed E-state index contributed by atoms with van der Waals surface area (Å²) in [7, 11) is 0. The van der Waals surface area contributed by atoms with Gasteiger partial charge >= 0.3 is 0 Å². The predicted octanol–water partition coefficient (Wildman–Crippen LogP) is 8.17. The van der Waals surface area contributed by atoms with Crippen LogP contribution in [0.3, 0.4) is 0 Å². The minimum atomic E-state index is -2.35. The van der Waals surface area contributed by atoms with Crippen LogP contribution in [0.25, 0.3) is 55.4 Å². The first kappa shape index (κ1) is 15.8. The normalized spacial score (nSPS) is 15.4. The van der Waals surface area contributed by atoms with Crippen molar-refractivity contribution in [3.63, 3.8) is 0 Å². The van der Waals surface area contributed by atoms with Crippen LogP contribution in [0.4, 0.5) is 0 Å². The smallest absolute Gasteiger partial charge is 0.227 e. The zero-order valence-corrected chi connectivity index (χ0v) is 19.7. The largest absolute Gasteiger partial charge is 0.437 e. The van der Waals surface area contributed by atoms with Gasteiger partial charge in [-0.15, -0.1) is 0 Å². The molecule has 0 saturated carbocycles. The van der Waals surface area contributed by atoms with Crippen molar-refractivity contribution < 1.29 is 12.6 Å². The van der Waals surface area contributed by atoms with E-state index in [-0.39, 0.29) is 22.4 Å². The molecule has 0 unspecified atom stereocenters. The van der Waals surface area contributed by atoms with E-state index in [1.54, 1.807) is 30.5 Å². The molecule has 0 atom stereocenters. The maximum absolute atomic E-state index is 8.26. The number of pyridine rings is 3. The Hall–Kier alpha value is -4.05. The molecule has 4 heterocycles. The first-order valence-corrected chi connectivity index (χ1v) is 11.5. The predicted molar refractivity (Wildman–Crippen MR) is 144 cm³/mol. The van der Waals surface area contributed by atoms with Crippen LogP contribution in [-0.4, -0.2) is 15.0 Å². The number of furan rings is 1. The average molecular weight is 464 g/mol. The van der Waals surface area contributed by atoms with Crippen LogP contribution in [0.15, 0.2) is 77.3 Å². The van der Waals surface area contributed by atoms with Crippen molar-refractivity contribution in [1.29, 1.82) is 0 Å². The minimum absolute atomic E-state index is 0.0397. The van der Waals surface area contributed by atoms with Gasteiger partial charge < -0.3 is 4.42 Å². The summed E-state index contributed by atoms with van der Waals surface area (Å²) >= 11 is 0. The number of fused-ring (bicyclic) bond motifs is 4. The van der Waals surface area contributed by atoms with Crippen molar-refractivity contribution in [2.24, 2.45) is 0 Å². The molecule has 0 N–H and O–H groups in total. The molecule has 0 spiro atoms. The lowest BCUT2D eigenvalue weighted by Gasteiger charge is -2.19. The molecule has 0 aliphatic rings. The number of benzene rings is 2. The van der Waals surface area contributed by atoms with E-state index < -0.39 is 13.7 Å². The van der Waals surface area contributed by atoms with Crippen molar-refractivity contribution >= 4 is 33.0 Å². The summed E-state index contributed by atoms with van der Waals surface area (Å²) in [5.74, 6) is 0. The van der Waals surface area contributed by atoms with Gasteiger partial charge in [-0.1, -0.05) is 45.0 Å². The van der Waals surface area contributed by atoms with Gasteiger partial charge in [0.15, 0.2) is 0 Å². The molecule has 6 aromatic rings. The van der Waals surface area contributed by atoms with Gasteiger partial charge in [-0.05, 0) is 72.9 Å². The highest BCUT2D eigenvalue weighted by molar-refractivity contribution is 6.08. The van der Waals surface area contributed by atoms with Gasteiger partial charge in [0, 0.05) is 52.9 Å². The number of rotatable bonds is 2. The van der Waals surface area contributed by atoms with Crippen LogP contribution in [0.1, 0.15) is 45.9 Å². The number of aromatic nitrogens is 3. The van der Waals surface area contributed by atoms with E-state index in [0.717, 1.165) is 16.5 Å². The van der Waals surface area contributed by atoms with Crippen LogP contribution in [0.5, 0.6) is 0 Å². The van der Waals surface area contributed by atoms with Crippen LogP contribution in [0, 0.1) is 13.7 Å². The zero-order chi connectivity index (χ0) is 29.3. The SMILES string of the molecule is [2H]C([2H])([2H])c1ccc2c(n1)oc1c(-c3cc(-c4c(C([2H])([2H])[2H])ccc5nc(C(C)(C)C)ccc45)ccn3)cccc12. The van der Waals surface area contributed by atoms with Gasteiger partial charge in [0.1, 0.15) is 5.58 Å². The van der Waals surface area contributed by atoms with Gasteiger partial charge in [-0.25, -0.2) is 4.98 Å². The monoisotopic (exact) mass is 463 g/mol. The lowest BCUT2D eigenvalue weighted by atomic mass is 9.90. The number of para-hydroxylation sites is 1. The second-order valence-corrected chi connectivity index (χ2v) is 9.76. The summed E-state index contributed by atoms with van der Waals surface area (Å²) in [5, 5.41) is 2.22. The molecule has 4 heteroatoms. The molecule has 0 aliphatic heterocycles. The van der Waals surface area contributed by atoms with Crippen molar-refractivity contribution in [2.45, 2.75) is 39.9 Å². The molecule has 0 aliphatic carbocycles. The third kappa shape index (κ3) is 3.57. The molecule has 4 aromatic heterocycles. The molecule has 0 fully saturated rings. The average Bonchev–Trinajstić information content (AvgIpc) is 3.29. The Morgan fingerprint density at radius 1 is 0.829 bits per heavy atom. The topological polar surface area (TPSA) is 51.8 Å². The van der Waals surface area contributed by atoms with Crippen molar-refractivity contribution in [2.75, 3.05) is 0 Å². The fourth-order valence-electron chi connectivity index (χ4n) is 4.55. The maximum atomic E-state index is 8.26. The lowest BCUT2D eigenvalue weighted by Crippen LogP contribution is -2.13. The van der Waals surface area contributed by atoms with Crippen LogP contribution < -0.4 is 0 Å². The van der Waals surface area contributed by atoms with E-state index in [1.165, 1.54) is 6.07 Å². The molecule has 6 rings (SSSR count). The van der Waals surface area contributed by atoms with E-state index in [0.29, 0.717) is 38.9 Å². The summed E-state index contributed by atoms with van der Waals surface area (Å²) in [5.41, 5.74) is 4.95. The summed E-state index contributed by atoms with van der Waals surface area (Å²) in [4.78, 5) is 13.7. The zero-order valence-electron chi connectivity index (χ0n) is 25.7. The summed E-state index contributed by atoms with van der Waals surface area (Å²) in [6, 6.07) is 19.8. The number of aryl methyl sites for hydroxylation is 2. The van der Waals surface area contributed by atoms with Gasteiger partial charge in [-0.3, -0.25) is 9.97 Å². The van der Waals surface area contributed by atoms with Gasteiger partial charge in [0.25, 0.3) is 0 Å². The third-order valence-corrected chi connectivity index (χ3v) is 6.33. The molecular weight excluding hydrogens is 430 g/mol. The van der Waals surface area contributed by atoms with Crippen LogP contribution in [0.2, 0.25) is 0 Å². The molecule has 0 radical (unpaired) electrons. The first-order valence-electron chi connectivity index (χ1n) is 14.5. The highest BCUT2D eigenvalue weighted by Crippen LogP contribution is 2.37. The first-order chi connectivity index (χ1) is 19.2. The van der Waals surface area contributed by atoms with E-state index in [1.807, 2.05) is 36.4 Å². The quantitative estimate of drug-likeness (QED) is 0.260. The van der Waals surface area contributed by atoms with Crippen molar-refractivity contribution in [3.05, 3.63) is 89.9 Å². The Kier molecular flexibility index (Phi) is 3.49. The Labute approximate surface area is 213 Å². The molecular formula is C31H27N3O. The molecule has 35 heavy (non-hydrogen) atoms. The molecule has 0 bridgehead atoms. The highest BCUT2D eigenvalue weighted by Gasteiger charge is 2.18. The van der Waals surface area contributed by atoms with Crippen molar-refractivity contribution in [3.8, 4) is 22.4 Å². The van der Waals surface area contributed by atoms with E-state index in [9.17, 15) is 0 Å². The van der Waals surface area contributed by atoms with Crippen LogP contribution >= 0.6 is 0 Å². The van der Waals surface area contributed by atoms with Crippen LogP contribution in [-0.2, 0) is 5.41 Å². The number of nitrogens with zero attached hydrogens (tertiary/aromatic N) is 3. The van der Waals surface area contributed by atoms with Gasteiger partial charge in [-0.2, -0.15) is 0 Å².